The number of hydrogen-bond donors (Lipinski definition) is 0. The van der Waals surface area contributed by atoms with Crippen LogP contribution in [-0.4, -0.2) is 45.6 Å². The second-order valence-electron chi connectivity index (χ2n) is 4.60. The number of nitrogens with zero attached hydrogens (tertiary/aromatic N) is 5. The lowest BCUT2D eigenvalue weighted by Crippen LogP contribution is -2.46. The van der Waals surface area contributed by atoms with E-state index in [0.717, 1.165) is 55.8 Å². The van der Waals surface area contributed by atoms with E-state index in [9.17, 15) is 0 Å². The summed E-state index contributed by atoms with van der Waals surface area (Å²) in [6.45, 7) is 6.98. The van der Waals surface area contributed by atoms with Crippen LogP contribution in [0.5, 0.6) is 0 Å². The smallest absolute Gasteiger partial charge is 0.205 e. The monoisotopic (exact) mass is 279 g/mol. The van der Waals surface area contributed by atoms with Crippen LogP contribution in [0.2, 0.25) is 0 Å². The van der Waals surface area contributed by atoms with Gasteiger partial charge in [0.05, 0.1) is 5.69 Å². The minimum Gasteiger partial charge on any atom is -0.364 e. The Kier molecular flexibility index (Phi) is 3.74. The molecule has 0 spiro atoms. The molecule has 3 heterocycles. The molecule has 1 saturated heterocycles. The van der Waals surface area contributed by atoms with Crippen molar-refractivity contribution in [3.05, 3.63) is 23.8 Å². The summed E-state index contributed by atoms with van der Waals surface area (Å²) in [5.41, 5.74) is 0.998. The van der Waals surface area contributed by atoms with Gasteiger partial charge in [0.15, 0.2) is 0 Å². The zero-order valence-corrected chi connectivity index (χ0v) is 11.8. The van der Waals surface area contributed by atoms with Crippen molar-refractivity contribution in [2.75, 3.05) is 31.1 Å². The summed E-state index contributed by atoms with van der Waals surface area (Å²) >= 11 is 1.51. The maximum atomic E-state index is 4.86. The number of aromatic nitrogens is 3. The minimum atomic E-state index is 0.862. The molecule has 0 saturated carbocycles. The average molecular weight is 279 g/mol. The molecule has 2 aromatic rings. The molecule has 0 aromatic carbocycles. The molecule has 0 aliphatic carbocycles. The number of piperazine rings is 1. The molecule has 0 unspecified atom stereocenters. The van der Waals surface area contributed by atoms with E-state index in [1.165, 1.54) is 11.5 Å². The summed E-state index contributed by atoms with van der Waals surface area (Å²) in [5.74, 6) is 0.949. The molecule has 0 amide bonds. The van der Waals surface area contributed by atoms with Crippen molar-refractivity contribution in [3.63, 3.8) is 0 Å². The van der Waals surface area contributed by atoms with Crippen LogP contribution in [0.3, 0.4) is 0 Å². The van der Waals surface area contributed by atoms with Crippen LogP contribution in [-0.2, 0) is 13.0 Å². The summed E-state index contributed by atoms with van der Waals surface area (Å²) in [4.78, 5) is 9.24. The van der Waals surface area contributed by atoms with Crippen molar-refractivity contribution in [2.45, 2.75) is 19.9 Å². The van der Waals surface area contributed by atoms with Gasteiger partial charge in [0.2, 0.25) is 5.13 Å². The Balaban J connectivity index is 1.54. The van der Waals surface area contributed by atoms with Crippen LogP contribution in [0, 0.1) is 0 Å². The molecule has 1 aliphatic heterocycles. The maximum Gasteiger partial charge on any atom is 0.205 e. The minimum absolute atomic E-state index is 0.862. The summed E-state index contributed by atoms with van der Waals surface area (Å²) in [6, 6.07) is 1.92. The first-order valence-corrected chi connectivity index (χ1v) is 7.31. The molecule has 0 N–H and O–H groups in total. The van der Waals surface area contributed by atoms with Gasteiger partial charge in [0.1, 0.15) is 12.1 Å². The zero-order chi connectivity index (χ0) is 13.1. The molecule has 0 atom stereocenters. The van der Waals surface area contributed by atoms with Crippen molar-refractivity contribution >= 4 is 16.7 Å². The summed E-state index contributed by atoms with van der Waals surface area (Å²) < 4.78 is 9.20. The van der Waals surface area contributed by atoms with Crippen molar-refractivity contribution in [2.24, 2.45) is 0 Å². The Labute approximate surface area is 116 Å². The van der Waals surface area contributed by atoms with Gasteiger partial charge >= 0.3 is 0 Å². The Bertz CT molecular complexity index is 504. The largest absolute Gasteiger partial charge is 0.364 e. The van der Waals surface area contributed by atoms with E-state index in [-0.39, 0.29) is 0 Å². The second kappa shape index (κ2) is 5.66. The normalized spacial score (nSPS) is 17.0. The molecule has 6 nitrogen and oxygen atoms in total. The van der Waals surface area contributed by atoms with E-state index in [1.807, 2.05) is 6.07 Å². The zero-order valence-electron chi connectivity index (χ0n) is 10.9. The van der Waals surface area contributed by atoms with E-state index in [2.05, 4.69) is 31.2 Å². The highest BCUT2D eigenvalue weighted by Crippen LogP contribution is 2.19. The molecular formula is C12H17N5OS. The summed E-state index contributed by atoms with van der Waals surface area (Å²) in [7, 11) is 0. The Morgan fingerprint density at radius 2 is 2.16 bits per heavy atom. The Morgan fingerprint density at radius 3 is 2.79 bits per heavy atom. The van der Waals surface area contributed by atoms with E-state index in [4.69, 9.17) is 4.52 Å². The molecular weight excluding hydrogens is 262 g/mol. The van der Waals surface area contributed by atoms with Crippen LogP contribution in [0.4, 0.5) is 5.13 Å². The van der Waals surface area contributed by atoms with Gasteiger partial charge in [-0.2, -0.15) is 4.37 Å². The topological polar surface area (TPSA) is 58.3 Å². The fourth-order valence-electron chi connectivity index (χ4n) is 2.16. The van der Waals surface area contributed by atoms with Crippen molar-refractivity contribution < 1.29 is 4.52 Å². The standard InChI is InChI=1S/C12H17N5OS/c1-2-11-13-12(19-15-11)17-6-4-16(5-7-17)9-10-3-8-18-14-10/h3,8H,2,4-7,9H2,1H3. The quantitative estimate of drug-likeness (QED) is 0.843. The lowest BCUT2D eigenvalue weighted by atomic mass is 10.3. The van der Waals surface area contributed by atoms with Gasteiger partial charge < -0.3 is 9.42 Å². The van der Waals surface area contributed by atoms with E-state index in [1.54, 1.807) is 6.26 Å². The highest BCUT2D eigenvalue weighted by Gasteiger charge is 2.20. The average Bonchev–Trinajstić information content (AvgIpc) is 3.10. The van der Waals surface area contributed by atoms with Gasteiger partial charge in [-0.05, 0) is 0 Å². The van der Waals surface area contributed by atoms with Crippen LogP contribution < -0.4 is 4.90 Å². The van der Waals surface area contributed by atoms with Crippen molar-refractivity contribution in [3.8, 4) is 0 Å². The number of hydrogen-bond acceptors (Lipinski definition) is 7. The first-order valence-electron chi connectivity index (χ1n) is 6.54. The van der Waals surface area contributed by atoms with Crippen molar-refractivity contribution in [1.82, 2.24) is 19.4 Å². The Morgan fingerprint density at radius 1 is 1.32 bits per heavy atom. The molecule has 1 fully saturated rings. The molecule has 1 aliphatic rings. The number of aryl methyl sites for hydroxylation is 1. The number of anilines is 1. The molecule has 3 rings (SSSR count). The Hall–Kier alpha value is -1.47. The lowest BCUT2D eigenvalue weighted by molar-refractivity contribution is 0.242. The predicted octanol–water partition coefficient (Wildman–Crippen LogP) is 1.41. The van der Waals surface area contributed by atoms with Gasteiger partial charge in [-0.1, -0.05) is 12.1 Å². The molecule has 0 bridgehead atoms. The predicted molar refractivity (Wildman–Crippen MR) is 73.3 cm³/mol. The molecule has 102 valence electrons. The first-order chi connectivity index (χ1) is 9.35. The van der Waals surface area contributed by atoms with E-state index in [0.29, 0.717) is 0 Å². The van der Waals surface area contributed by atoms with Gasteiger partial charge in [0.25, 0.3) is 0 Å². The third-order valence-electron chi connectivity index (χ3n) is 3.29. The second-order valence-corrected chi connectivity index (χ2v) is 5.33. The summed E-state index contributed by atoms with van der Waals surface area (Å²) in [5, 5.41) is 5.01. The van der Waals surface area contributed by atoms with Crippen LogP contribution in [0.15, 0.2) is 16.9 Å². The summed E-state index contributed by atoms with van der Waals surface area (Å²) in [6.07, 6.45) is 2.53. The maximum absolute atomic E-state index is 4.86. The number of rotatable bonds is 4. The fourth-order valence-corrected chi connectivity index (χ4v) is 2.96. The van der Waals surface area contributed by atoms with E-state index >= 15 is 0 Å². The highest BCUT2D eigenvalue weighted by atomic mass is 32.1. The molecule has 2 aromatic heterocycles. The molecule has 7 heteroatoms. The van der Waals surface area contributed by atoms with Gasteiger partial charge in [0, 0.05) is 56.7 Å². The lowest BCUT2D eigenvalue weighted by Gasteiger charge is -2.33. The van der Waals surface area contributed by atoms with Gasteiger partial charge in [-0.3, -0.25) is 4.90 Å². The van der Waals surface area contributed by atoms with Gasteiger partial charge in [-0.15, -0.1) is 0 Å². The molecule has 19 heavy (non-hydrogen) atoms. The highest BCUT2D eigenvalue weighted by molar-refractivity contribution is 7.09. The SMILES string of the molecule is CCc1nsc(N2CCN(Cc3ccon3)CC2)n1. The van der Waals surface area contributed by atoms with Crippen LogP contribution >= 0.6 is 11.5 Å². The van der Waals surface area contributed by atoms with E-state index < -0.39 is 0 Å². The third kappa shape index (κ3) is 2.93. The van der Waals surface area contributed by atoms with Crippen LogP contribution in [0.25, 0.3) is 0 Å². The van der Waals surface area contributed by atoms with Crippen LogP contribution in [0.1, 0.15) is 18.4 Å². The first kappa shape index (κ1) is 12.6. The fraction of sp³-hybridized carbons (Fsp3) is 0.583. The molecule has 0 radical (unpaired) electrons. The third-order valence-corrected chi connectivity index (χ3v) is 4.11. The van der Waals surface area contributed by atoms with Gasteiger partial charge in [-0.25, -0.2) is 4.98 Å². The van der Waals surface area contributed by atoms with Crippen molar-refractivity contribution in [1.29, 1.82) is 0 Å².